The molecule has 0 aromatic heterocycles. The summed E-state index contributed by atoms with van der Waals surface area (Å²) < 4.78 is 63.8. The highest BCUT2D eigenvalue weighted by molar-refractivity contribution is 6.30. The second kappa shape index (κ2) is 11.1. The number of hydrogen-bond acceptors (Lipinski definition) is 5. The zero-order chi connectivity index (χ0) is 28.5. The van der Waals surface area contributed by atoms with Gasteiger partial charge in [-0.2, -0.15) is 13.2 Å². The number of esters is 1. The fourth-order valence-electron chi connectivity index (χ4n) is 5.26. The van der Waals surface area contributed by atoms with Crippen LogP contribution in [0.4, 0.5) is 17.6 Å². The predicted octanol–water partition coefficient (Wildman–Crippen LogP) is 6.44. The third-order valence-electron chi connectivity index (χ3n) is 7.35. The summed E-state index contributed by atoms with van der Waals surface area (Å²) in [7, 11) is 0. The van der Waals surface area contributed by atoms with Gasteiger partial charge in [-0.1, -0.05) is 29.8 Å². The summed E-state index contributed by atoms with van der Waals surface area (Å²) in [5, 5.41) is 0.502. The molecule has 0 aliphatic carbocycles. The van der Waals surface area contributed by atoms with E-state index >= 15 is 0 Å². The number of halogens is 5. The van der Waals surface area contributed by atoms with E-state index in [4.69, 9.17) is 21.1 Å². The van der Waals surface area contributed by atoms with E-state index in [-0.39, 0.29) is 12.5 Å². The quantitative estimate of drug-likeness (QED) is 0.250. The molecule has 2 fully saturated rings. The number of alkyl halides is 3. The maximum atomic E-state index is 13.3. The molecule has 2 aliphatic rings. The van der Waals surface area contributed by atoms with Gasteiger partial charge in [0.2, 0.25) is 0 Å². The largest absolute Gasteiger partial charge is 0.490 e. The lowest BCUT2D eigenvalue weighted by Gasteiger charge is -2.59. The third-order valence-corrected chi connectivity index (χ3v) is 7.60. The number of likely N-dealkylation sites (tertiary alicyclic amines) is 2. The van der Waals surface area contributed by atoms with Gasteiger partial charge in [0.05, 0.1) is 0 Å². The van der Waals surface area contributed by atoms with Crippen LogP contribution in [-0.4, -0.2) is 53.7 Å². The van der Waals surface area contributed by atoms with Crippen molar-refractivity contribution in [3.05, 3.63) is 94.8 Å². The van der Waals surface area contributed by atoms with Crippen LogP contribution in [0.1, 0.15) is 28.8 Å². The lowest BCUT2D eigenvalue weighted by molar-refractivity contribution is -0.261. The fraction of sp³-hybridized carbons (Fsp3) is 0.310. The number of piperidine rings is 1. The molecule has 2 aliphatic heterocycles. The third kappa shape index (κ3) is 5.93. The number of amides is 1. The summed E-state index contributed by atoms with van der Waals surface area (Å²) in [6.45, 7) is 1.14. The molecule has 0 bridgehead atoms. The molecule has 1 spiro atoms. The molecule has 1 unspecified atom stereocenters. The monoisotopic (exact) mass is 576 g/mol. The molecule has 3 aromatic rings. The maximum absolute atomic E-state index is 13.3. The second-order valence-corrected chi connectivity index (χ2v) is 10.4. The minimum Gasteiger partial charge on any atom is -0.457 e. The van der Waals surface area contributed by atoms with E-state index in [2.05, 4.69) is 0 Å². The van der Waals surface area contributed by atoms with Crippen LogP contribution in [-0.2, 0) is 16.1 Å². The SMILES string of the molecule is O=C(c1ccc(Cl)cc1)N1CCC2(CC1)CN(Cc1ccccc1Oc1ccc(F)cc1)C2OC(=O)C(F)(F)F. The Morgan fingerprint density at radius 1 is 0.950 bits per heavy atom. The number of ether oxygens (including phenoxy) is 2. The number of para-hydroxylation sites is 1. The number of carbonyl (C=O) groups excluding carboxylic acids is 2. The van der Waals surface area contributed by atoms with Crippen molar-refractivity contribution in [1.82, 2.24) is 9.80 Å². The highest BCUT2D eigenvalue weighted by atomic mass is 35.5. The average Bonchev–Trinajstić information content (AvgIpc) is 2.93. The first-order chi connectivity index (χ1) is 19.0. The van der Waals surface area contributed by atoms with Gasteiger partial charge in [0.15, 0.2) is 6.23 Å². The predicted molar refractivity (Wildman–Crippen MR) is 138 cm³/mol. The fourth-order valence-corrected chi connectivity index (χ4v) is 5.39. The molecule has 0 radical (unpaired) electrons. The van der Waals surface area contributed by atoms with Crippen molar-refractivity contribution in [1.29, 1.82) is 0 Å². The van der Waals surface area contributed by atoms with Gasteiger partial charge in [0.25, 0.3) is 5.91 Å². The highest BCUT2D eigenvalue weighted by Crippen LogP contribution is 2.48. The van der Waals surface area contributed by atoms with Gasteiger partial charge in [0.1, 0.15) is 17.3 Å². The summed E-state index contributed by atoms with van der Waals surface area (Å²) in [6, 6.07) is 18.9. The molecule has 6 nitrogen and oxygen atoms in total. The van der Waals surface area contributed by atoms with Crippen molar-refractivity contribution < 1.29 is 36.6 Å². The van der Waals surface area contributed by atoms with E-state index in [9.17, 15) is 27.2 Å². The first-order valence-corrected chi connectivity index (χ1v) is 13.0. The molecular weight excluding hydrogens is 552 g/mol. The van der Waals surface area contributed by atoms with Crippen molar-refractivity contribution in [3.63, 3.8) is 0 Å². The molecule has 1 amide bonds. The maximum Gasteiger partial charge on any atom is 0.490 e. The van der Waals surface area contributed by atoms with Crippen LogP contribution in [0.25, 0.3) is 0 Å². The number of hydrogen-bond donors (Lipinski definition) is 0. The first kappa shape index (κ1) is 27.9. The topological polar surface area (TPSA) is 59.1 Å². The van der Waals surface area contributed by atoms with E-state index in [1.165, 1.54) is 24.3 Å². The average molecular weight is 577 g/mol. The van der Waals surface area contributed by atoms with Crippen molar-refractivity contribution in [2.45, 2.75) is 31.8 Å². The summed E-state index contributed by atoms with van der Waals surface area (Å²) in [5.74, 6) is -2.02. The smallest absolute Gasteiger partial charge is 0.457 e. The van der Waals surface area contributed by atoms with Gasteiger partial charge in [-0.25, -0.2) is 9.18 Å². The van der Waals surface area contributed by atoms with Gasteiger partial charge in [-0.05, 0) is 67.4 Å². The molecule has 11 heteroatoms. The van der Waals surface area contributed by atoms with E-state index < -0.39 is 29.6 Å². The van der Waals surface area contributed by atoms with Crippen LogP contribution in [0.5, 0.6) is 11.5 Å². The Labute approximate surface area is 233 Å². The van der Waals surface area contributed by atoms with Gasteiger partial charge >= 0.3 is 12.1 Å². The van der Waals surface area contributed by atoms with E-state index in [0.717, 1.165) is 0 Å². The number of rotatable bonds is 6. The summed E-state index contributed by atoms with van der Waals surface area (Å²) in [4.78, 5) is 28.1. The van der Waals surface area contributed by atoms with Crippen molar-refractivity contribution >= 4 is 23.5 Å². The standard InChI is InChI=1S/C29H25ClF4N2O4/c30-21-7-5-19(6-8-21)25(37)35-15-13-28(14-16-35)18-36(26(28)40-27(38)29(32,33)34)17-20-3-1-2-4-24(20)39-23-11-9-22(31)10-12-23/h1-12,26H,13-18H2. The van der Waals surface area contributed by atoms with Crippen LogP contribution in [0, 0.1) is 11.2 Å². The lowest BCUT2D eigenvalue weighted by atomic mass is 9.69. The molecular formula is C29H25ClF4N2O4. The number of nitrogens with zero attached hydrogens (tertiary/aromatic N) is 2. The minimum absolute atomic E-state index is 0.155. The van der Waals surface area contributed by atoms with Gasteiger partial charge in [0, 0.05) is 47.7 Å². The lowest BCUT2D eigenvalue weighted by Crippen LogP contribution is -2.68. The Kier molecular flexibility index (Phi) is 7.74. The van der Waals surface area contributed by atoms with E-state index in [1.54, 1.807) is 58.3 Å². The normalized spacial score (nSPS) is 18.7. The summed E-state index contributed by atoms with van der Waals surface area (Å²) in [6.07, 6.45) is -5.54. The van der Waals surface area contributed by atoms with Crippen LogP contribution in [0.15, 0.2) is 72.8 Å². The second-order valence-electron chi connectivity index (χ2n) is 9.99. The van der Waals surface area contributed by atoms with Crippen LogP contribution >= 0.6 is 11.6 Å². The van der Waals surface area contributed by atoms with Crippen LogP contribution < -0.4 is 4.74 Å². The molecule has 3 aromatic carbocycles. The molecule has 210 valence electrons. The van der Waals surface area contributed by atoms with Gasteiger partial charge in [-0.15, -0.1) is 0 Å². The van der Waals surface area contributed by atoms with Crippen molar-refractivity contribution in [2.24, 2.45) is 5.41 Å². The Balaban J connectivity index is 1.31. The van der Waals surface area contributed by atoms with Crippen molar-refractivity contribution in [3.8, 4) is 11.5 Å². The zero-order valence-corrected chi connectivity index (χ0v) is 21.9. The van der Waals surface area contributed by atoms with E-state index in [0.29, 0.717) is 60.1 Å². The highest BCUT2D eigenvalue weighted by Gasteiger charge is 2.58. The summed E-state index contributed by atoms with van der Waals surface area (Å²) in [5.41, 5.74) is 0.392. The molecule has 1 atom stereocenters. The molecule has 40 heavy (non-hydrogen) atoms. The van der Waals surface area contributed by atoms with Crippen molar-refractivity contribution in [2.75, 3.05) is 19.6 Å². The first-order valence-electron chi connectivity index (χ1n) is 12.6. The zero-order valence-electron chi connectivity index (χ0n) is 21.2. The van der Waals surface area contributed by atoms with Crippen LogP contribution in [0.3, 0.4) is 0 Å². The molecule has 0 N–H and O–H groups in total. The number of carbonyl (C=O) groups is 2. The van der Waals surface area contributed by atoms with E-state index in [1.807, 2.05) is 0 Å². The Bertz CT molecular complexity index is 1370. The number of benzene rings is 3. The molecule has 2 saturated heterocycles. The molecule has 2 heterocycles. The Hall–Kier alpha value is -3.63. The summed E-state index contributed by atoms with van der Waals surface area (Å²) >= 11 is 5.91. The Morgan fingerprint density at radius 2 is 1.60 bits per heavy atom. The van der Waals surface area contributed by atoms with Gasteiger partial charge < -0.3 is 14.4 Å². The molecule has 0 saturated carbocycles. The van der Waals surface area contributed by atoms with Crippen LogP contribution in [0.2, 0.25) is 5.02 Å². The molecule has 5 rings (SSSR count). The Morgan fingerprint density at radius 3 is 2.25 bits per heavy atom. The minimum atomic E-state index is -5.14. The van der Waals surface area contributed by atoms with Gasteiger partial charge in [-0.3, -0.25) is 9.69 Å².